The molecule has 2 atom stereocenters. The Hall–Kier alpha value is -3.39. The van der Waals surface area contributed by atoms with E-state index < -0.39 is 0 Å². The van der Waals surface area contributed by atoms with Crippen LogP contribution in [-0.4, -0.2) is 60.6 Å². The molecule has 1 aromatic carbocycles. The Morgan fingerprint density at radius 3 is 2.72 bits per heavy atom. The number of nitrogens with zero attached hydrogens (tertiary/aromatic N) is 4. The molecule has 0 bridgehead atoms. The van der Waals surface area contributed by atoms with Gasteiger partial charge < -0.3 is 25.6 Å². The van der Waals surface area contributed by atoms with Crippen LogP contribution < -0.4 is 20.7 Å². The van der Waals surface area contributed by atoms with E-state index in [2.05, 4.69) is 59.2 Å². The van der Waals surface area contributed by atoms with Crippen LogP contribution in [-0.2, 0) is 6.42 Å². The van der Waals surface area contributed by atoms with Crippen molar-refractivity contribution >= 4 is 23.2 Å². The summed E-state index contributed by atoms with van der Waals surface area (Å²) in [6.07, 6.45) is 7.63. The van der Waals surface area contributed by atoms with Crippen LogP contribution in [0.2, 0.25) is 0 Å². The first kappa shape index (κ1) is 25.7. The van der Waals surface area contributed by atoms with Gasteiger partial charge in [0.05, 0.1) is 5.71 Å². The van der Waals surface area contributed by atoms with Gasteiger partial charge in [-0.05, 0) is 54.7 Å². The van der Waals surface area contributed by atoms with E-state index in [1.807, 2.05) is 35.2 Å². The highest BCUT2D eigenvalue weighted by atomic mass is 16.5. The highest BCUT2D eigenvalue weighted by molar-refractivity contribution is 5.97. The molecule has 192 valence electrons. The quantitative estimate of drug-likeness (QED) is 0.574. The van der Waals surface area contributed by atoms with Crippen LogP contribution in [0.4, 0.5) is 16.3 Å². The van der Waals surface area contributed by atoms with Crippen molar-refractivity contribution < 1.29 is 9.53 Å². The van der Waals surface area contributed by atoms with Crippen LogP contribution in [0.15, 0.2) is 59.7 Å². The SMILES string of the molecule is CCC1C=CC(COc2cccnc2N2CCN(C(=O)Nc3cccc(CC(C)C)c3)CC2)=NC1N. The van der Waals surface area contributed by atoms with Crippen molar-refractivity contribution in [3.63, 3.8) is 0 Å². The first-order valence-electron chi connectivity index (χ1n) is 12.9. The Labute approximate surface area is 214 Å². The Morgan fingerprint density at radius 2 is 2.00 bits per heavy atom. The maximum atomic E-state index is 12.9. The third kappa shape index (κ3) is 6.63. The summed E-state index contributed by atoms with van der Waals surface area (Å²) in [6.45, 7) is 9.42. The zero-order valence-corrected chi connectivity index (χ0v) is 21.6. The lowest BCUT2D eigenvalue weighted by Gasteiger charge is -2.35. The second kappa shape index (κ2) is 12.0. The molecule has 0 saturated carbocycles. The summed E-state index contributed by atoms with van der Waals surface area (Å²) in [6, 6.07) is 11.8. The zero-order chi connectivity index (χ0) is 25.5. The molecule has 1 saturated heterocycles. The van der Waals surface area contributed by atoms with Gasteiger partial charge in [0.2, 0.25) is 0 Å². The maximum absolute atomic E-state index is 12.9. The number of carbonyl (C=O) groups is 1. The zero-order valence-electron chi connectivity index (χ0n) is 21.6. The number of hydrogen-bond donors (Lipinski definition) is 2. The van der Waals surface area contributed by atoms with E-state index in [1.54, 1.807) is 6.20 Å². The molecule has 2 unspecified atom stereocenters. The van der Waals surface area contributed by atoms with Gasteiger partial charge in [-0.2, -0.15) is 0 Å². The van der Waals surface area contributed by atoms with Crippen LogP contribution in [0.5, 0.6) is 5.75 Å². The number of aliphatic imine (C=N–C) groups is 1. The average molecular weight is 491 g/mol. The summed E-state index contributed by atoms with van der Waals surface area (Å²) in [4.78, 5) is 26.1. The molecule has 8 heteroatoms. The van der Waals surface area contributed by atoms with Gasteiger partial charge in [0, 0.05) is 44.0 Å². The van der Waals surface area contributed by atoms with E-state index in [0.717, 1.165) is 30.1 Å². The molecule has 4 rings (SSSR count). The van der Waals surface area contributed by atoms with E-state index in [1.165, 1.54) is 5.56 Å². The number of aromatic nitrogens is 1. The van der Waals surface area contributed by atoms with Crippen molar-refractivity contribution in [1.82, 2.24) is 9.88 Å². The molecule has 36 heavy (non-hydrogen) atoms. The lowest BCUT2D eigenvalue weighted by atomic mass is 10.00. The van der Waals surface area contributed by atoms with E-state index in [-0.39, 0.29) is 18.1 Å². The Balaban J connectivity index is 1.32. The van der Waals surface area contributed by atoms with Gasteiger partial charge in [0.15, 0.2) is 11.6 Å². The predicted molar refractivity (Wildman–Crippen MR) is 146 cm³/mol. The molecule has 3 N–H and O–H groups in total. The number of hydrogen-bond acceptors (Lipinski definition) is 6. The molecule has 8 nitrogen and oxygen atoms in total. The van der Waals surface area contributed by atoms with E-state index in [4.69, 9.17) is 10.5 Å². The lowest BCUT2D eigenvalue weighted by Crippen LogP contribution is -2.50. The van der Waals surface area contributed by atoms with Crippen LogP contribution in [0.25, 0.3) is 0 Å². The highest BCUT2D eigenvalue weighted by Crippen LogP contribution is 2.27. The summed E-state index contributed by atoms with van der Waals surface area (Å²) in [7, 11) is 0. The average Bonchev–Trinajstić information content (AvgIpc) is 2.87. The number of benzene rings is 1. The summed E-state index contributed by atoms with van der Waals surface area (Å²) in [5.74, 6) is 2.34. The van der Waals surface area contributed by atoms with Gasteiger partial charge in [0.25, 0.3) is 0 Å². The fourth-order valence-corrected chi connectivity index (χ4v) is 4.60. The summed E-state index contributed by atoms with van der Waals surface area (Å²) >= 11 is 0. The van der Waals surface area contributed by atoms with Crippen LogP contribution >= 0.6 is 0 Å². The van der Waals surface area contributed by atoms with Crippen LogP contribution in [0.3, 0.4) is 0 Å². The molecule has 1 aromatic heterocycles. The summed E-state index contributed by atoms with van der Waals surface area (Å²) < 4.78 is 6.10. The summed E-state index contributed by atoms with van der Waals surface area (Å²) in [5, 5.41) is 3.06. The monoisotopic (exact) mass is 490 g/mol. The second-order valence-electron chi connectivity index (χ2n) is 9.86. The molecule has 2 aliphatic rings. The Morgan fingerprint density at radius 1 is 1.19 bits per heavy atom. The van der Waals surface area contributed by atoms with Gasteiger partial charge in [-0.3, -0.25) is 4.99 Å². The lowest BCUT2D eigenvalue weighted by molar-refractivity contribution is 0.208. The minimum Gasteiger partial charge on any atom is -0.483 e. The fraction of sp³-hybridized carbons (Fsp3) is 0.464. The first-order valence-corrected chi connectivity index (χ1v) is 12.9. The molecule has 0 spiro atoms. The molecule has 2 aliphatic heterocycles. The smallest absolute Gasteiger partial charge is 0.321 e. The van der Waals surface area contributed by atoms with Crippen molar-refractivity contribution in [3.8, 4) is 5.75 Å². The van der Waals surface area contributed by atoms with Gasteiger partial charge in [-0.25, -0.2) is 9.78 Å². The van der Waals surface area contributed by atoms with Crippen molar-refractivity contribution in [2.24, 2.45) is 22.6 Å². The third-order valence-electron chi connectivity index (χ3n) is 6.58. The standard InChI is InChI=1S/C28H38N6O2/c1-4-22-10-11-24(31-26(22)29)19-36-25-9-6-12-30-27(25)33-13-15-34(16-14-33)28(35)32-23-8-5-7-21(18-23)17-20(2)3/h5-12,18,20,22,26H,4,13-17,19,29H2,1-3H3,(H,32,35). The molecule has 3 heterocycles. The third-order valence-corrected chi connectivity index (χ3v) is 6.58. The second-order valence-corrected chi connectivity index (χ2v) is 9.86. The largest absolute Gasteiger partial charge is 0.483 e. The van der Waals surface area contributed by atoms with E-state index in [0.29, 0.717) is 44.5 Å². The van der Waals surface area contributed by atoms with Gasteiger partial charge in [0.1, 0.15) is 12.8 Å². The number of nitrogens with one attached hydrogen (secondary N) is 1. The minimum atomic E-state index is -0.219. The molecule has 2 amide bonds. The van der Waals surface area contributed by atoms with Crippen molar-refractivity contribution in [2.45, 2.75) is 39.8 Å². The van der Waals surface area contributed by atoms with Gasteiger partial charge in [-0.1, -0.05) is 39.0 Å². The number of dihydropyridines is 1. The predicted octanol–water partition coefficient (Wildman–Crippen LogP) is 4.33. The number of rotatable bonds is 8. The number of anilines is 2. The first-order chi connectivity index (χ1) is 17.4. The fourth-order valence-electron chi connectivity index (χ4n) is 4.60. The van der Waals surface area contributed by atoms with Gasteiger partial charge in [-0.15, -0.1) is 0 Å². The van der Waals surface area contributed by atoms with Gasteiger partial charge >= 0.3 is 6.03 Å². The number of amides is 2. The minimum absolute atomic E-state index is 0.0716. The van der Waals surface area contributed by atoms with E-state index >= 15 is 0 Å². The van der Waals surface area contributed by atoms with Crippen molar-refractivity contribution in [1.29, 1.82) is 0 Å². The number of nitrogens with two attached hydrogens (primary N) is 1. The molecule has 1 fully saturated rings. The van der Waals surface area contributed by atoms with Crippen molar-refractivity contribution in [2.75, 3.05) is 43.0 Å². The van der Waals surface area contributed by atoms with Crippen molar-refractivity contribution in [3.05, 3.63) is 60.3 Å². The number of pyridine rings is 1. The molecule has 0 radical (unpaired) electrons. The summed E-state index contributed by atoms with van der Waals surface area (Å²) in [5.41, 5.74) is 9.06. The highest BCUT2D eigenvalue weighted by Gasteiger charge is 2.24. The normalized spacial score (nSPS) is 19.9. The number of piperazine rings is 1. The number of carbonyl (C=O) groups excluding carboxylic acids is 1. The number of ether oxygens (including phenoxy) is 1. The Bertz CT molecular complexity index is 1090. The molecule has 0 aliphatic carbocycles. The van der Waals surface area contributed by atoms with Crippen LogP contribution in [0, 0.1) is 11.8 Å². The molecular weight excluding hydrogens is 452 g/mol. The number of urea groups is 1. The van der Waals surface area contributed by atoms with Crippen LogP contribution in [0.1, 0.15) is 32.8 Å². The molecular formula is C28H38N6O2. The maximum Gasteiger partial charge on any atom is 0.321 e. The topological polar surface area (TPSA) is 96.1 Å². The Kier molecular flexibility index (Phi) is 8.59. The van der Waals surface area contributed by atoms with E-state index in [9.17, 15) is 4.79 Å². The molecule has 2 aromatic rings.